The van der Waals surface area contributed by atoms with Gasteiger partial charge in [-0.05, 0) is 24.8 Å². The summed E-state index contributed by atoms with van der Waals surface area (Å²) < 4.78 is 0. The van der Waals surface area contributed by atoms with Crippen LogP contribution in [0.5, 0.6) is 0 Å². The third kappa shape index (κ3) is 3.49. The van der Waals surface area contributed by atoms with E-state index in [0.717, 1.165) is 16.1 Å². The van der Waals surface area contributed by atoms with E-state index in [1.807, 2.05) is 24.3 Å². The molecule has 0 aromatic heterocycles. The van der Waals surface area contributed by atoms with Crippen molar-refractivity contribution in [1.82, 2.24) is 5.32 Å². The molecule has 2 rings (SSSR count). The molecule has 1 aliphatic rings. The Morgan fingerprint density at radius 2 is 2.18 bits per heavy atom. The number of thiocarbonyl (C=S) groups is 1. The number of hydrogen-bond acceptors (Lipinski definition) is 3. The van der Waals surface area contributed by atoms with Crippen molar-refractivity contribution >= 4 is 17.2 Å². The predicted octanol–water partition coefficient (Wildman–Crippen LogP) is 0.976. The van der Waals surface area contributed by atoms with E-state index < -0.39 is 0 Å². The van der Waals surface area contributed by atoms with Gasteiger partial charge in [0.25, 0.3) is 0 Å². The van der Waals surface area contributed by atoms with Gasteiger partial charge in [-0.25, -0.2) is 0 Å². The molecule has 1 atom stereocenters. The SMILES string of the molecule is N[C@H](CO)Cc1ccccc1C(=S)NC1CC1. The summed E-state index contributed by atoms with van der Waals surface area (Å²) in [5.41, 5.74) is 7.92. The maximum absolute atomic E-state index is 9.01. The van der Waals surface area contributed by atoms with Gasteiger partial charge < -0.3 is 16.2 Å². The minimum atomic E-state index is -0.222. The third-order valence-electron chi connectivity index (χ3n) is 2.89. The van der Waals surface area contributed by atoms with Crippen molar-refractivity contribution < 1.29 is 5.11 Å². The molecule has 0 radical (unpaired) electrons. The van der Waals surface area contributed by atoms with E-state index in [1.54, 1.807) is 0 Å². The van der Waals surface area contributed by atoms with Gasteiger partial charge in [-0.1, -0.05) is 36.5 Å². The van der Waals surface area contributed by atoms with E-state index in [1.165, 1.54) is 12.8 Å². The fraction of sp³-hybridized carbons (Fsp3) is 0.462. The van der Waals surface area contributed by atoms with Crippen LogP contribution >= 0.6 is 12.2 Å². The number of rotatable bonds is 5. The van der Waals surface area contributed by atoms with Crippen molar-refractivity contribution in [2.24, 2.45) is 5.73 Å². The summed E-state index contributed by atoms with van der Waals surface area (Å²) in [7, 11) is 0. The molecule has 0 saturated heterocycles. The minimum absolute atomic E-state index is 0.00283. The topological polar surface area (TPSA) is 58.3 Å². The first-order valence-corrected chi connectivity index (χ1v) is 6.36. The van der Waals surface area contributed by atoms with E-state index in [-0.39, 0.29) is 12.6 Å². The van der Waals surface area contributed by atoms with E-state index in [0.29, 0.717) is 12.5 Å². The standard InChI is InChI=1S/C13H18N2OS/c14-10(8-16)7-9-3-1-2-4-12(9)13(17)15-11-5-6-11/h1-4,10-11,16H,5-8,14H2,(H,15,17)/t10-/m0/s1. The quantitative estimate of drug-likeness (QED) is 0.682. The maximum atomic E-state index is 9.01. The lowest BCUT2D eigenvalue weighted by Crippen LogP contribution is -2.30. The second kappa shape index (κ2) is 5.58. The summed E-state index contributed by atoms with van der Waals surface area (Å²) in [6, 6.07) is 8.32. The molecule has 0 unspecified atom stereocenters. The molecule has 0 amide bonds. The third-order valence-corrected chi connectivity index (χ3v) is 3.23. The Balaban J connectivity index is 2.11. The highest BCUT2D eigenvalue weighted by Crippen LogP contribution is 2.20. The van der Waals surface area contributed by atoms with Crippen LogP contribution in [0.1, 0.15) is 24.0 Å². The smallest absolute Gasteiger partial charge is 0.107 e. The van der Waals surface area contributed by atoms with E-state index in [4.69, 9.17) is 23.1 Å². The molecule has 4 N–H and O–H groups in total. The molecule has 17 heavy (non-hydrogen) atoms. The van der Waals surface area contributed by atoms with Crippen LogP contribution in [0.15, 0.2) is 24.3 Å². The van der Waals surface area contributed by atoms with E-state index >= 15 is 0 Å². The van der Waals surface area contributed by atoms with Crippen molar-refractivity contribution in [3.63, 3.8) is 0 Å². The van der Waals surface area contributed by atoms with Gasteiger partial charge in [0.05, 0.1) is 6.61 Å². The van der Waals surface area contributed by atoms with Gasteiger partial charge in [0.1, 0.15) is 4.99 Å². The summed E-state index contributed by atoms with van der Waals surface area (Å²) in [6.07, 6.45) is 3.07. The van der Waals surface area contributed by atoms with Crippen molar-refractivity contribution in [2.75, 3.05) is 6.61 Å². The summed E-state index contributed by atoms with van der Waals surface area (Å²) in [4.78, 5) is 0.799. The highest BCUT2D eigenvalue weighted by molar-refractivity contribution is 7.80. The lowest BCUT2D eigenvalue weighted by atomic mass is 10.0. The zero-order chi connectivity index (χ0) is 12.3. The minimum Gasteiger partial charge on any atom is -0.395 e. The highest BCUT2D eigenvalue weighted by atomic mass is 32.1. The second-order valence-corrected chi connectivity index (χ2v) is 4.96. The van der Waals surface area contributed by atoms with Crippen LogP contribution in [0.25, 0.3) is 0 Å². The summed E-state index contributed by atoms with van der Waals surface area (Å²) in [5.74, 6) is 0. The Morgan fingerprint density at radius 1 is 1.47 bits per heavy atom. The fourth-order valence-corrected chi connectivity index (χ4v) is 2.12. The highest BCUT2D eigenvalue weighted by Gasteiger charge is 2.23. The molecule has 0 aliphatic heterocycles. The summed E-state index contributed by atoms with van der Waals surface area (Å²) in [5, 5.41) is 12.3. The van der Waals surface area contributed by atoms with Crippen LogP contribution < -0.4 is 11.1 Å². The largest absolute Gasteiger partial charge is 0.395 e. The fourth-order valence-electron chi connectivity index (χ4n) is 1.76. The Morgan fingerprint density at radius 3 is 2.82 bits per heavy atom. The molecule has 3 nitrogen and oxygen atoms in total. The lowest BCUT2D eigenvalue weighted by molar-refractivity contribution is 0.265. The molecule has 1 aromatic rings. The molecular weight excluding hydrogens is 232 g/mol. The van der Waals surface area contributed by atoms with Crippen LogP contribution in [0, 0.1) is 0 Å². The zero-order valence-electron chi connectivity index (χ0n) is 9.73. The molecule has 1 aliphatic carbocycles. The lowest BCUT2D eigenvalue weighted by Gasteiger charge is -2.14. The summed E-state index contributed by atoms with van der Waals surface area (Å²) in [6.45, 7) is -0.00283. The monoisotopic (exact) mass is 250 g/mol. The Bertz CT molecular complexity index is 404. The maximum Gasteiger partial charge on any atom is 0.107 e. The summed E-state index contributed by atoms with van der Waals surface area (Å²) >= 11 is 5.40. The molecular formula is C13H18N2OS. The molecule has 1 saturated carbocycles. The molecule has 0 heterocycles. The number of hydrogen-bond donors (Lipinski definition) is 3. The normalized spacial score (nSPS) is 16.6. The zero-order valence-corrected chi connectivity index (χ0v) is 10.5. The molecule has 92 valence electrons. The van der Waals surface area contributed by atoms with Crippen molar-refractivity contribution in [3.8, 4) is 0 Å². The van der Waals surface area contributed by atoms with Gasteiger partial charge in [0.15, 0.2) is 0 Å². The molecule has 0 bridgehead atoms. The van der Waals surface area contributed by atoms with Gasteiger partial charge in [0, 0.05) is 17.6 Å². The first-order chi connectivity index (χ1) is 8.20. The molecule has 1 aromatic carbocycles. The number of benzene rings is 1. The van der Waals surface area contributed by atoms with E-state index in [2.05, 4.69) is 5.32 Å². The number of aliphatic hydroxyl groups is 1. The average molecular weight is 250 g/mol. The van der Waals surface area contributed by atoms with Crippen LogP contribution in [0.4, 0.5) is 0 Å². The Labute approximate surface area is 107 Å². The van der Waals surface area contributed by atoms with Crippen molar-refractivity contribution in [3.05, 3.63) is 35.4 Å². The van der Waals surface area contributed by atoms with Crippen LogP contribution in [0.2, 0.25) is 0 Å². The van der Waals surface area contributed by atoms with Gasteiger partial charge in [-0.2, -0.15) is 0 Å². The average Bonchev–Trinajstić information content (AvgIpc) is 3.13. The Hall–Kier alpha value is -0.970. The number of nitrogens with one attached hydrogen (secondary N) is 1. The molecule has 4 heteroatoms. The molecule has 1 fully saturated rings. The molecule has 0 spiro atoms. The Kier molecular flexibility index (Phi) is 4.10. The van der Waals surface area contributed by atoms with E-state index in [9.17, 15) is 0 Å². The first kappa shape index (κ1) is 12.5. The number of aliphatic hydroxyl groups excluding tert-OH is 1. The second-order valence-electron chi connectivity index (χ2n) is 4.55. The van der Waals surface area contributed by atoms with Gasteiger partial charge in [0.2, 0.25) is 0 Å². The van der Waals surface area contributed by atoms with Gasteiger partial charge in [-0.3, -0.25) is 0 Å². The van der Waals surface area contributed by atoms with Crippen LogP contribution in [0.3, 0.4) is 0 Å². The number of nitrogens with two attached hydrogens (primary N) is 1. The van der Waals surface area contributed by atoms with Crippen LogP contribution in [-0.2, 0) is 6.42 Å². The first-order valence-electron chi connectivity index (χ1n) is 5.96. The van der Waals surface area contributed by atoms with Gasteiger partial charge >= 0.3 is 0 Å². The predicted molar refractivity (Wildman–Crippen MR) is 73.1 cm³/mol. The van der Waals surface area contributed by atoms with Crippen molar-refractivity contribution in [2.45, 2.75) is 31.3 Å². The van der Waals surface area contributed by atoms with Crippen molar-refractivity contribution in [1.29, 1.82) is 0 Å². The van der Waals surface area contributed by atoms with Gasteiger partial charge in [-0.15, -0.1) is 0 Å². The van der Waals surface area contributed by atoms with Crippen LogP contribution in [-0.4, -0.2) is 28.8 Å².